The zero-order valence-electron chi connectivity index (χ0n) is 16.9. The van der Waals surface area contributed by atoms with Gasteiger partial charge in [0.1, 0.15) is 0 Å². The van der Waals surface area contributed by atoms with Crippen molar-refractivity contribution in [2.45, 2.75) is 26.2 Å². The zero-order chi connectivity index (χ0) is 21.3. The Morgan fingerprint density at radius 2 is 1.67 bits per heavy atom. The average molecular weight is 401 g/mol. The number of carboxylic acids is 1. The first-order chi connectivity index (χ1) is 14.4. The monoisotopic (exact) mass is 401 g/mol. The number of anilines is 1. The molecule has 3 aromatic carbocycles. The van der Waals surface area contributed by atoms with E-state index in [1.54, 1.807) is 18.2 Å². The molecule has 5 heteroatoms. The number of hydrogen-bond donors (Lipinski definition) is 2. The van der Waals surface area contributed by atoms with Crippen LogP contribution in [0.2, 0.25) is 0 Å². The lowest BCUT2D eigenvalue weighted by atomic mass is 9.86. The third-order valence-electron chi connectivity index (χ3n) is 5.24. The van der Waals surface area contributed by atoms with Gasteiger partial charge in [0, 0.05) is 5.39 Å². The van der Waals surface area contributed by atoms with Crippen LogP contribution in [0.25, 0.3) is 21.7 Å². The second-order valence-corrected chi connectivity index (χ2v) is 7.88. The fourth-order valence-corrected chi connectivity index (χ4v) is 3.89. The lowest BCUT2D eigenvalue weighted by Crippen LogP contribution is -2.23. The van der Waals surface area contributed by atoms with Crippen LogP contribution in [-0.2, 0) is 4.79 Å². The summed E-state index contributed by atoms with van der Waals surface area (Å²) in [4.78, 5) is 24.7. The molecular formula is C25H23NO4. The van der Waals surface area contributed by atoms with E-state index in [-0.39, 0.29) is 17.6 Å². The molecule has 1 aromatic heterocycles. The van der Waals surface area contributed by atoms with Gasteiger partial charge in [0.2, 0.25) is 11.7 Å². The fraction of sp³-hybridized carbons (Fsp3) is 0.200. The number of hydrogen-bond acceptors (Lipinski definition) is 3. The summed E-state index contributed by atoms with van der Waals surface area (Å²) < 4.78 is 5.48. The van der Waals surface area contributed by atoms with E-state index >= 15 is 0 Å². The molecule has 1 heterocycles. The smallest absolute Gasteiger partial charge is 0.371 e. The molecule has 0 fully saturated rings. The summed E-state index contributed by atoms with van der Waals surface area (Å²) in [6, 6.07) is 20.8. The molecule has 4 aromatic rings. The van der Waals surface area contributed by atoms with Crippen molar-refractivity contribution in [3.63, 3.8) is 0 Å². The first-order valence-corrected chi connectivity index (χ1v) is 9.98. The van der Waals surface area contributed by atoms with Crippen LogP contribution in [0.5, 0.6) is 0 Å². The summed E-state index contributed by atoms with van der Waals surface area (Å²) >= 11 is 0. The molecule has 1 atom stereocenters. The first-order valence-electron chi connectivity index (χ1n) is 9.98. The summed E-state index contributed by atoms with van der Waals surface area (Å²) in [6.07, 6.45) is 0.689. The highest BCUT2D eigenvalue weighted by Gasteiger charge is 2.25. The highest BCUT2D eigenvalue weighted by Crippen LogP contribution is 2.33. The number of fused-ring (bicyclic) bond motifs is 2. The summed E-state index contributed by atoms with van der Waals surface area (Å²) in [5, 5.41) is 15.0. The van der Waals surface area contributed by atoms with Crippen molar-refractivity contribution in [3.05, 3.63) is 78.1 Å². The van der Waals surface area contributed by atoms with Gasteiger partial charge in [0.15, 0.2) is 5.58 Å². The summed E-state index contributed by atoms with van der Waals surface area (Å²) in [5.41, 5.74) is 1.82. The molecule has 2 N–H and O–H groups in total. The van der Waals surface area contributed by atoms with Gasteiger partial charge >= 0.3 is 5.97 Å². The van der Waals surface area contributed by atoms with E-state index in [9.17, 15) is 14.7 Å². The van der Waals surface area contributed by atoms with E-state index in [0.717, 1.165) is 16.3 Å². The highest BCUT2D eigenvalue weighted by molar-refractivity contribution is 6.05. The molecule has 4 rings (SSSR count). The molecular weight excluding hydrogens is 378 g/mol. The minimum Gasteiger partial charge on any atom is -0.475 e. The molecule has 0 aliphatic heterocycles. The van der Waals surface area contributed by atoms with Gasteiger partial charge in [-0.15, -0.1) is 0 Å². The molecule has 1 amide bonds. The molecule has 0 saturated carbocycles. The molecule has 0 spiro atoms. The Bertz CT molecular complexity index is 1230. The van der Waals surface area contributed by atoms with Crippen molar-refractivity contribution < 1.29 is 19.1 Å². The molecule has 152 valence electrons. The molecule has 0 aliphatic carbocycles. The maximum Gasteiger partial charge on any atom is 0.371 e. The minimum absolute atomic E-state index is 0.138. The predicted molar refractivity (Wildman–Crippen MR) is 118 cm³/mol. The van der Waals surface area contributed by atoms with Gasteiger partial charge in [-0.2, -0.15) is 0 Å². The Balaban J connectivity index is 1.73. The van der Waals surface area contributed by atoms with Gasteiger partial charge in [-0.25, -0.2) is 4.79 Å². The van der Waals surface area contributed by atoms with Crippen LogP contribution in [0.15, 0.2) is 71.1 Å². The molecule has 30 heavy (non-hydrogen) atoms. The van der Waals surface area contributed by atoms with Gasteiger partial charge in [0.25, 0.3) is 0 Å². The fourth-order valence-electron chi connectivity index (χ4n) is 3.89. The van der Waals surface area contributed by atoms with Crippen LogP contribution in [0.4, 0.5) is 5.69 Å². The number of aromatic carboxylic acids is 1. The Hall–Kier alpha value is -3.60. The number of carbonyl (C=O) groups excluding carboxylic acids is 1. The number of furan rings is 1. The van der Waals surface area contributed by atoms with Gasteiger partial charge in [0.05, 0.1) is 11.6 Å². The Morgan fingerprint density at radius 1 is 0.967 bits per heavy atom. The third kappa shape index (κ3) is 3.79. The predicted octanol–water partition coefficient (Wildman–Crippen LogP) is 6.05. The molecule has 0 bridgehead atoms. The summed E-state index contributed by atoms with van der Waals surface area (Å²) in [5.74, 6) is -1.46. The van der Waals surface area contributed by atoms with Crippen LogP contribution in [-0.4, -0.2) is 17.0 Å². The molecule has 5 nitrogen and oxygen atoms in total. The Labute approximate surface area is 174 Å². The van der Waals surface area contributed by atoms with Crippen LogP contribution < -0.4 is 5.32 Å². The average Bonchev–Trinajstić information content (AvgIpc) is 3.17. The third-order valence-corrected chi connectivity index (χ3v) is 5.24. The van der Waals surface area contributed by atoms with E-state index < -0.39 is 5.97 Å². The second-order valence-electron chi connectivity index (χ2n) is 7.88. The highest BCUT2D eigenvalue weighted by atomic mass is 16.4. The standard InChI is InChI=1S/C25H23NO4/c1-15(2)13-20(19-11-5-8-16-7-3-4-10-18(16)19)24(27)26-21-12-6-9-17-14-22(25(28)29)30-23(17)21/h3-12,14-15,20H,13H2,1-2H3,(H,26,27)(H,28,29). The number of carboxylic acid groups (broad SMARTS) is 1. The van der Waals surface area contributed by atoms with E-state index in [4.69, 9.17) is 4.42 Å². The van der Waals surface area contributed by atoms with Gasteiger partial charge < -0.3 is 14.8 Å². The van der Waals surface area contributed by atoms with E-state index in [0.29, 0.717) is 29.0 Å². The molecule has 0 saturated heterocycles. The number of nitrogens with one attached hydrogen (secondary N) is 1. The van der Waals surface area contributed by atoms with Crippen molar-refractivity contribution in [2.24, 2.45) is 5.92 Å². The number of amides is 1. The van der Waals surface area contributed by atoms with Crippen molar-refractivity contribution >= 4 is 39.3 Å². The summed E-state index contributed by atoms with van der Waals surface area (Å²) in [7, 11) is 0. The number of para-hydroxylation sites is 1. The van der Waals surface area contributed by atoms with Crippen LogP contribution in [0.3, 0.4) is 0 Å². The van der Waals surface area contributed by atoms with E-state index in [2.05, 4.69) is 19.2 Å². The van der Waals surface area contributed by atoms with Gasteiger partial charge in [-0.3, -0.25) is 4.79 Å². The van der Waals surface area contributed by atoms with Gasteiger partial charge in [-0.1, -0.05) is 68.4 Å². The van der Waals surface area contributed by atoms with Crippen molar-refractivity contribution in [3.8, 4) is 0 Å². The minimum atomic E-state index is -1.14. The lowest BCUT2D eigenvalue weighted by Gasteiger charge is -2.21. The van der Waals surface area contributed by atoms with Crippen molar-refractivity contribution in [1.29, 1.82) is 0 Å². The largest absolute Gasteiger partial charge is 0.475 e. The SMILES string of the molecule is CC(C)CC(C(=O)Nc1cccc2cc(C(=O)O)oc12)c1cccc2ccccc12. The zero-order valence-corrected chi connectivity index (χ0v) is 16.9. The topological polar surface area (TPSA) is 79.5 Å². The summed E-state index contributed by atoms with van der Waals surface area (Å²) in [6.45, 7) is 4.19. The van der Waals surface area contributed by atoms with Crippen molar-refractivity contribution in [2.75, 3.05) is 5.32 Å². The lowest BCUT2D eigenvalue weighted by molar-refractivity contribution is -0.117. The Kier molecular flexibility index (Phi) is 5.27. The second kappa shape index (κ2) is 8.03. The first kappa shape index (κ1) is 19.7. The van der Waals surface area contributed by atoms with E-state index in [1.165, 1.54) is 6.07 Å². The molecule has 1 unspecified atom stereocenters. The van der Waals surface area contributed by atoms with Crippen LogP contribution >= 0.6 is 0 Å². The normalized spacial score (nSPS) is 12.4. The number of benzene rings is 3. The van der Waals surface area contributed by atoms with Gasteiger partial charge in [-0.05, 0) is 40.8 Å². The van der Waals surface area contributed by atoms with E-state index in [1.807, 2.05) is 42.5 Å². The molecule has 0 radical (unpaired) electrons. The van der Waals surface area contributed by atoms with Crippen molar-refractivity contribution in [1.82, 2.24) is 0 Å². The molecule has 0 aliphatic rings. The number of rotatable bonds is 6. The quantitative estimate of drug-likeness (QED) is 0.412. The van der Waals surface area contributed by atoms with Crippen LogP contribution in [0, 0.1) is 5.92 Å². The maximum atomic E-state index is 13.4. The van der Waals surface area contributed by atoms with Crippen LogP contribution in [0.1, 0.15) is 42.3 Å². The Morgan fingerprint density at radius 3 is 2.43 bits per heavy atom. The number of carbonyl (C=O) groups is 2. The maximum absolute atomic E-state index is 13.4.